The predicted octanol–water partition coefficient (Wildman–Crippen LogP) is 3.55. The highest BCUT2D eigenvalue weighted by atomic mass is 16.5. The Bertz CT molecular complexity index is 565. The number of fused-ring (bicyclic) bond motifs is 1. The van der Waals surface area contributed by atoms with Crippen molar-refractivity contribution < 1.29 is 14.6 Å². The van der Waals surface area contributed by atoms with Crippen molar-refractivity contribution in [3.63, 3.8) is 0 Å². The molecule has 1 N–H and O–H groups in total. The van der Waals surface area contributed by atoms with E-state index in [2.05, 4.69) is 0 Å². The summed E-state index contributed by atoms with van der Waals surface area (Å²) in [5.41, 5.74) is 0.950. The van der Waals surface area contributed by atoms with E-state index in [1.807, 2.05) is 43.3 Å². The quantitative estimate of drug-likeness (QED) is 0.875. The molecule has 2 rings (SSSR count). The van der Waals surface area contributed by atoms with Crippen LogP contribution in [0.5, 0.6) is 5.75 Å². The molecule has 0 aliphatic rings. The summed E-state index contributed by atoms with van der Waals surface area (Å²) in [5.74, 6) is 1.02. The SMILES string of the molecule is COCCC(C)C(O)c1ccc2cc(OC)ccc2c1. The first-order valence-electron chi connectivity index (χ1n) is 6.90. The minimum Gasteiger partial charge on any atom is -0.497 e. The van der Waals surface area contributed by atoms with Gasteiger partial charge in [-0.3, -0.25) is 0 Å². The van der Waals surface area contributed by atoms with Crippen molar-refractivity contribution >= 4 is 10.8 Å². The molecule has 3 nitrogen and oxygen atoms in total. The van der Waals surface area contributed by atoms with Crippen molar-refractivity contribution in [2.24, 2.45) is 5.92 Å². The Balaban J connectivity index is 2.22. The molecule has 0 aromatic heterocycles. The molecule has 3 heteroatoms. The van der Waals surface area contributed by atoms with Crippen LogP contribution in [0.3, 0.4) is 0 Å². The molecule has 0 amide bonds. The molecule has 0 aliphatic heterocycles. The standard InChI is InChI=1S/C17H22O3/c1-12(8-9-19-2)17(18)15-5-4-14-11-16(20-3)7-6-13(14)10-15/h4-7,10-12,17-18H,8-9H2,1-3H3. The molecule has 0 saturated carbocycles. The first-order valence-corrected chi connectivity index (χ1v) is 6.90. The molecule has 0 aliphatic carbocycles. The molecule has 0 saturated heterocycles. The van der Waals surface area contributed by atoms with Crippen LogP contribution in [0, 0.1) is 5.92 Å². The summed E-state index contributed by atoms with van der Waals surface area (Å²) < 4.78 is 10.3. The van der Waals surface area contributed by atoms with Gasteiger partial charge in [-0.25, -0.2) is 0 Å². The maximum Gasteiger partial charge on any atom is 0.119 e. The second-order valence-corrected chi connectivity index (χ2v) is 5.18. The lowest BCUT2D eigenvalue weighted by molar-refractivity contribution is 0.0887. The van der Waals surface area contributed by atoms with Crippen LogP contribution in [-0.4, -0.2) is 25.9 Å². The van der Waals surface area contributed by atoms with Gasteiger partial charge >= 0.3 is 0 Å². The lowest BCUT2D eigenvalue weighted by Crippen LogP contribution is -2.11. The van der Waals surface area contributed by atoms with Gasteiger partial charge in [-0.2, -0.15) is 0 Å². The molecule has 0 heterocycles. The monoisotopic (exact) mass is 274 g/mol. The van der Waals surface area contributed by atoms with E-state index in [-0.39, 0.29) is 5.92 Å². The van der Waals surface area contributed by atoms with Crippen molar-refractivity contribution in [2.75, 3.05) is 20.8 Å². The summed E-state index contributed by atoms with van der Waals surface area (Å²) in [4.78, 5) is 0. The zero-order valence-corrected chi connectivity index (χ0v) is 12.3. The van der Waals surface area contributed by atoms with Gasteiger partial charge in [0.15, 0.2) is 0 Å². The Morgan fingerprint density at radius 2 is 1.75 bits per heavy atom. The van der Waals surface area contributed by atoms with E-state index >= 15 is 0 Å². The Kier molecular flexibility index (Phi) is 4.99. The van der Waals surface area contributed by atoms with Crippen LogP contribution in [0.4, 0.5) is 0 Å². The molecule has 2 aromatic rings. The van der Waals surface area contributed by atoms with E-state index < -0.39 is 6.10 Å². The van der Waals surface area contributed by atoms with E-state index in [0.717, 1.165) is 28.5 Å². The maximum absolute atomic E-state index is 10.4. The van der Waals surface area contributed by atoms with Gasteiger partial charge in [-0.05, 0) is 46.9 Å². The summed E-state index contributed by atoms with van der Waals surface area (Å²) in [6, 6.07) is 12.0. The Labute approximate surface area is 120 Å². The Morgan fingerprint density at radius 1 is 1.05 bits per heavy atom. The predicted molar refractivity (Wildman–Crippen MR) is 81.1 cm³/mol. The zero-order chi connectivity index (χ0) is 14.5. The molecule has 2 unspecified atom stereocenters. The van der Waals surface area contributed by atoms with E-state index in [4.69, 9.17) is 9.47 Å². The summed E-state index contributed by atoms with van der Waals surface area (Å²) in [5, 5.41) is 12.6. The third-order valence-corrected chi connectivity index (χ3v) is 3.73. The molecule has 0 fully saturated rings. The molecular formula is C17H22O3. The van der Waals surface area contributed by atoms with Crippen molar-refractivity contribution in [1.82, 2.24) is 0 Å². The highest BCUT2D eigenvalue weighted by Crippen LogP contribution is 2.28. The molecule has 108 valence electrons. The van der Waals surface area contributed by atoms with Crippen LogP contribution >= 0.6 is 0 Å². The van der Waals surface area contributed by atoms with Gasteiger partial charge in [0.2, 0.25) is 0 Å². The summed E-state index contributed by atoms with van der Waals surface area (Å²) in [6.07, 6.45) is 0.384. The molecule has 0 radical (unpaired) electrons. The number of aliphatic hydroxyl groups is 1. The largest absolute Gasteiger partial charge is 0.497 e. The van der Waals surface area contributed by atoms with Crippen molar-refractivity contribution in [2.45, 2.75) is 19.4 Å². The van der Waals surface area contributed by atoms with Gasteiger partial charge < -0.3 is 14.6 Å². The fourth-order valence-corrected chi connectivity index (χ4v) is 2.34. The number of aliphatic hydroxyl groups excluding tert-OH is 1. The second kappa shape index (κ2) is 6.73. The van der Waals surface area contributed by atoms with Gasteiger partial charge in [0.1, 0.15) is 5.75 Å². The van der Waals surface area contributed by atoms with Crippen LogP contribution in [0.1, 0.15) is 25.0 Å². The summed E-state index contributed by atoms with van der Waals surface area (Å²) in [7, 11) is 3.35. The average Bonchev–Trinajstić information content (AvgIpc) is 2.50. The molecule has 20 heavy (non-hydrogen) atoms. The van der Waals surface area contributed by atoms with Crippen LogP contribution in [0.25, 0.3) is 10.8 Å². The van der Waals surface area contributed by atoms with E-state index in [0.29, 0.717) is 6.61 Å². The molecule has 0 bridgehead atoms. The van der Waals surface area contributed by atoms with Crippen LogP contribution in [-0.2, 0) is 4.74 Å². The topological polar surface area (TPSA) is 38.7 Å². The van der Waals surface area contributed by atoms with Gasteiger partial charge in [-0.15, -0.1) is 0 Å². The minimum absolute atomic E-state index is 0.172. The number of hydrogen-bond acceptors (Lipinski definition) is 3. The summed E-state index contributed by atoms with van der Waals surface area (Å²) in [6.45, 7) is 2.71. The molecule has 2 atom stereocenters. The number of benzene rings is 2. The van der Waals surface area contributed by atoms with Gasteiger partial charge in [0.05, 0.1) is 13.2 Å². The van der Waals surface area contributed by atoms with Crippen molar-refractivity contribution in [3.8, 4) is 5.75 Å². The second-order valence-electron chi connectivity index (χ2n) is 5.18. The van der Waals surface area contributed by atoms with Crippen LogP contribution < -0.4 is 4.74 Å². The number of methoxy groups -OCH3 is 2. The highest BCUT2D eigenvalue weighted by Gasteiger charge is 2.16. The first-order chi connectivity index (χ1) is 9.65. The number of rotatable bonds is 6. The molecular weight excluding hydrogens is 252 g/mol. The minimum atomic E-state index is -0.461. The molecule has 2 aromatic carbocycles. The number of ether oxygens (including phenoxy) is 2. The van der Waals surface area contributed by atoms with Crippen LogP contribution in [0.2, 0.25) is 0 Å². The van der Waals surface area contributed by atoms with E-state index in [1.54, 1.807) is 14.2 Å². The molecule has 0 spiro atoms. The van der Waals surface area contributed by atoms with Crippen LogP contribution in [0.15, 0.2) is 36.4 Å². The maximum atomic E-state index is 10.4. The van der Waals surface area contributed by atoms with Crippen molar-refractivity contribution in [1.29, 1.82) is 0 Å². The average molecular weight is 274 g/mol. The lowest BCUT2D eigenvalue weighted by atomic mass is 9.93. The third-order valence-electron chi connectivity index (χ3n) is 3.73. The smallest absolute Gasteiger partial charge is 0.119 e. The van der Waals surface area contributed by atoms with Crippen molar-refractivity contribution in [3.05, 3.63) is 42.0 Å². The highest BCUT2D eigenvalue weighted by molar-refractivity contribution is 5.84. The first kappa shape index (κ1) is 14.8. The van der Waals surface area contributed by atoms with Gasteiger partial charge in [0.25, 0.3) is 0 Å². The lowest BCUT2D eigenvalue weighted by Gasteiger charge is -2.19. The van der Waals surface area contributed by atoms with E-state index in [9.17, 15) is 5.11 Å². The van der Waals surface area contributed by atoms with E-state index in [1.165, 1.54) is 0 Å². The Morgan fingerprint density at radius 3 is 2.45 bits per heavy atom. The fourth-order valence-electron chi connectivity index (χ4n) is 2.34. The van der Waals surface area contributed by atoms with Gasteiger partial charge in [-0.1, -0.05) is 25.1 Å². The summed E-state index contributed by atoms with van der Waals surface area (Å²) >= 11 is 0. The third kappa shape index (κ3) is 3.30. The number of hydrogen-bond donors (Lipinski definition) is 1. The normalized spacial score (nSPS) is 14.2. The fraction of sp³-hybridized carbons (Fsp3) is 0.412. The van der Waals surface area contributed by atoms with Gasteiger partial charge in [0, 0.05) is 13.7 Å². The zero-order valence-electron chi connectivity index (χ0n) is 12.3. The Hall–Kier alpha value is -1.58.